The number of carbonyl (C=O) groups is 3. The molecule has 0 aromatic rings. The van der Waals surface area contributed by atoms with Gasteiger partial charge in [0.15, 0.2) is 0 Å². The summed E-state index contributed by atoms with van der Waals surface area (Å²) in [7, 11) is 3.92. The Morgan fingerprint density at radius 1 is 1.32 bits per heavy atom. The van der Waals surface area contributed by atoms with E-state index in [1.165, 1.54) is 16.7 Å². The second-order valence-electron chi connectivity index (χ2n) is 8.40. The Labute approximate surface area is 170 Å². The number of aliphatic hydroxyl groups is 1. The molecule has 2 rings (SSSR count). The van der Waals surface area contributed by atoms with Crippen LogP contribution in [0.4, 0.5) is 0 Å². The van der Waals surface area contributed by atoms with E-state index in [1.54, 1.807) is 27.7 Å². The van der Waals surface area contributed by atoms with Crippen molar-refractivity contribution in [3.63, 3.8) is 0 Å². The number of rotatable bonds is 8. The molecule has 0 spiro atoms. The van der Waals surface area contributed by atoms with Gasteiger partial charge >= 0.3 is 11.9 Å². The number of hydrogen-bond donors (Lipinski definition) is 1. The van der Waals surface area contributed by atoms with Crippen molar-refractivity contribution in [2.45, 2.75) is 46.3 Å². The lowest BCUT2D eigenvalue weighted by molar-refractivity contribution is -0.175. The zero-order valence-electron chi connectivity index (χ0n) is 17.4. The molecule has 1 N–H and O–H groups in total. The molecular weight excluding hydrogens is 384 g/mol. The molecule has 158 valence electrons. The molecule has 1 saturated heterocycles. The predicted molar refractivity (Wildman–Crippen MR) is 105 cm³/mol. The molecule has 1 amide bonds. The summed E-state index contributed by atoms with van der Waals surface area (Å²) >= 11 is 1.51. The highest BCUT2D eigenvalue weighted by Crippen LogP contribution is 2.47. The monoisotopic (exact) mass is 414 g/mol. The molecular formula is C19H30N2O6S. The highest BCUT2D eigenvalue weighted by molar-refractivity contribution is 8.03. The zero-order valence-corrected chi connectivity index (χ0v) is 18.2. The molecule has 0 aliphatic carbocycles. The van der Waals surface area contributed by atoms with Gasteiger partial charge in [0, 0.05) is 23.6 Å². The first-order valence-corrected chi connectivity index (χ1v) is 10.3. The number of amides is 1. The molecule has 28 heavy (non-hydrogen) atoms. The molecule has 0 bridgehead atoms. The number of β-lactam (4-membered cyclic amide) rings is 1. The third kappa shape index (κ3) is 4.87. The van der Waals surface area contributed by atoms with Gasteiger partial charge in [0.25, 0.3) is 0 Å². The van der Waals surface area contributed by atoms with E-state index in [2.05, 4.69) is 0 Å². The molecule has 0 unspecified atom stereocenters. The van der Waals surface area contributed by atoms with Crippen LogP contribution in [0.15, 0.2) is 10.6 Å². The lowest BCUT2D eigenvalue weighted by Gasteiger charge is -2.44. The summed E-state index contributed by atoms with van der Waals surface area (Å²) in [5.41, 5.74) is -0.489. The maximum atomic E-state index is 12.6. The number of carbonyl (C=O) groups excluding carboxylic acids is 3. The Morgan fingerprint density at radius 3 is 2.50 bits per heavy atom. The minimum atomic E-state index is -0.773. The maximum Gasteiger partial charge on any atom is 0.358 e. The quantitative estimate of drug-likeness (QED) is 0.360. The Kier molecular flexibility index (Phi) is 7.17. The van der Waals surface area contributed by atoms with Crippen molar-refractivity contribution in [2.75, 3.05) is 33.2 Å². The van der Waals surface area contributed by atoms with E-state index in [0.717, 1.165) is 17.2 Å². The molecule has 3 atom stereocenters. The van der Waals surface area contributed by atoms with E-state index in [-0.39, 0.29) is 17.6 Å². The smallest absolute Gasteiger partial charge is 0.358 e. The lowest BCUT2D eigenvalue weighted by Crippen LogP contribution is -2.61. The van der Waals surface area contributed by atoms with E-state index in [1.807, 2.05) is 19.0 Å². The van der Waals surface area contributed by atoms with Crippen LogP contribution >= 0.6 is 11.8 Å². The number of ether oxygens (including phenoxy) is 2. The number of nitrogens with zero attached hydrogens (tertiary/aromatic N) is 2. The number of thioether (sulfide) groups is 1. The number of esters is 2. The molecule has 0 saturated carbocycles. The van der Waals surface area contributed by atoms with Crippen molar-refractivity contribution >= 4 is 29.6 Å². The van der Waals surface area contributed by atoms with Crippen LogP contribution in [0, 0.1) is 11.3 Å². The molecule has 8 nitrogen and oxygen atoms in total. The minimum absolute atomic E-state index is 0.211. The lowest BCUT2D eigenvalue weighted by atomic mass is 9.83. The van der Waals surface area contributed by atoms with Crippen molar-refractivity contribution in [1.29, 1.82) is 0 Å². The van der Waals surface area contributed by atoms with Crippen LogP contribution in [0.2, 0.25) is 0 Å². The van der Waals surface area contributed by atoms with E-state index < -0.39 is 36.2 Å². The van der Waals surface area contributed by atoms with E-state index in [9.17, 15) is 19.5 Å². The average molecular weight is 415 g/mol. The van der Waals surface area contributed by atoms with Crippen molar-refractivity contribution in [3.8, 4) is 0 Å². The van der Waals surface area contributed by atoms with E-state index in [0.29, 0.717) is 6.42 Å². The van der Waals surface area contributed by atoms with Crippen LogP contribution in [0.5, 0.6) is 0 Å². The third-order valence-electron chi connectivity index (χ3n) is 4.69. The molecule has 1 fully saturated rings. The van der Waals surface area contributed by atoms with Gasteiger partial charge < -0.3 is 24.4 Å². The summed E-state index contributed by atoms with van der Waals surface area (Å²) < 4.78 is 10.1. The summed E-state index contributed by atoms with van der Waals surface area (Å²) in [5.74, 6) is -1.19. The Morgan fingerprint density at radius 2 is 1.96 bits per heavy atom. The molecule has 2 aliphatic rings. The van der Waals surface area contributed by atoms with Gasteiger partial charge in [-0.25, -0.2) is 4.79 Å². The largest absolute Gasteiger partial charge is 0.427 e. The first-order chi connectivity index (χ1) is 12.9. The molecule has 9 heteroatoms. The van der Waals surface area contributed by atoms with Gasteiger partial charge in [-0.3, -0.25) is 9.59 Å². The summed E-state index contributed by atoms with van der Waals surface area (Å²) in [6, 6.07) is -0.228. The maximum absolute atomic E-state index is 12.6. The highest BCUT2D eigenvalue weighted by atomic mass is 32.2. The Hall–Kier alpha value is -1.58. The second-order valence-corrected chi connectivity index (χ2v) is 9.59. The van der Waals surface area contributed by atoms with Crippen molar-refractivity contribution in [2.24, 2.45) is 11.3 Å². The number of aliphatic hydroxyl groups excluding tert-OH is 1. The van der Waals surface area contributed by atoms with E-state index >= 15 is 0 Å². The van der Waals surface area contributed by atoms with Crippen molar-refractivity contribution in [1.82, 2.24) is 9.80 Å². The summed E-state index contributed by atoms with van der Waals surface area (Å²) in [5, 5.41) is 9.88. The standard InChI is InChI=1S/C19H30N2O6S/c1-11(22)14-12-9-13(28-8-7-20(5)6)15(21(12)16(14)23)17(24)26-10-27-18(25)19(2,3)4/h11-12,14,22H,7-10H2,1-6H3/t11-,12-,14-/m1/s1. The highest BCUT2D eigenvalue weighted by Gasteiger charge is 2.57. The topological polar surface area (TPSA) is 96.4 Å². The van der Waals surface area contributed by atoms with Crippen LogP contribution in [-0.2, 0) is 23.9 Å². The Balaban J connectivity index is 2.07. The normalized spacial score (nSPS) is 22.9. The predicted octanol–water partition coefficient (Wildman–Crippen LogP) is 1.19. The molecule has 2 heterocycles. The molecule has 0 radical (unpaired) electrons. The first kappa shape index (κ1) is 22.7. The van der Waals surface area contributed by atoms with Gasteiger partial charge in [-0.2, -0.15) is 0 Å². The SMILES string of the molecule is C[C@@H](O)[C@H]1C(=O)N2C(C(=O)OCOC(=O)C(C)(C)C)=C(SCCN(C)C)C[C@H]12. The van der Waals surface area contributed by atoms with Crippen LogP contribution < -0.4 is 0 Å². The fraction of sp³-hybridized carbons (Fsp3) is 0.737. The molecule has 0 aromatic heterocycles. The summed E-state index contributed by atoms with van der Waals surface area (Å²) in [4.78, 5) is 41.1. The van der Waals surface area contributed by atoms with Crippen LogP contribution in [0.1, 0.15) is 34.1 Å². The van der Waals surface area contributed by atoms with Crippen LogP contribution in [0.25, 0.3) is 0 Å². The fourth-order valence-electron chi connectivity index (χ4n) is 3.12. The van der Waals surface area contributed by atoms with Gasteiger partial charge in [0.2, 0.25) is 12.7 Å². The number of fused-ring (bicyclic) bond motifs is 1. The molecule has 2 aliphatic heterocycles. The zero-order chi connectivity index (χ0) is 21.2. The van der Waals surface area contributed by atoms with Gasteiger partial charge in [0.05, 0.1) is 23.5 Å². The van der Waals surface area contributed by atoms with Gasteiger partial charge in [-0.1, -0.05) is 0 Å². The fourth-order valence-corrected chi connectivity index (χ4v) is 4.43. The minimum Gasteiger partial charge on any atom is -0.427 e. The summed E-state index contributed by atoms with van der Waals surface area (Å²) in [6.07, 6.45) is -0.254. The molecule has 0 aromatic carbocycles. The van der Waals surface area contributed by atoms with Gasteiger partial charge in [0.1, 0.15) is 5.70 Å². The van der Waals surface area contributed by atoms with Crippen LogP contribution in [0.3, 0.4) is 0 Å². The van der Waals surface area contributed by atoms with Crippen LogP contribution in [-0.4, -0.2) is 78.1 Å². The van der Waals surface area contributed by atoms with Gasteiger partial charge in [-0.05, 0) is 41.8 Å². The second kappa shape index (κ2) is 8.84. The van der Waals surface area contributed by atoms with Crippen molar-refractivity contribution < 1.29 is 29.0 Å². The number of hydrogen-bond acceptors (Lipinski definition) is 8. The van der Waals surface area contributed by atoms with E-state index in [4.69, 9.17) is 9.47 Å². The van der Waals surface area contributed by atoms with Crippen molar-refractivity contribution in [3.05, 3.63) is 10.6 Å². The Bertz CT molecular complexity index is 668. The first-order valence-electron chi connectivity index (χ1n) is 9.31. The summed E-state index contributed by atoms with van der Waals surface area (Å²) in [6.45, 7) is 7.01. The third-order valence-corrected chi connectivity index (χ3v) is 5.78. The average Bonchev–Trinajstić information content (AvgIpc) is 2.87. The van der Waals surface area contributed by atoms with Gasteiger partial charge in [-0.15, -0.1) is 11.8 Å².